The van der Waals surface area contributed by atoms with Crippen LogP contribution in [0.2, 0.25) is 0 Å². The molecule has 25 heavy (non-hydrogen) atoms. The fourth-order valence-electron chi connectivity index (χ4n) is 2.74. The normalized spacial score (nSPS) is 10.8. The molecule has 0 fully saturated rings. The maximum Gasteiger partial charge on any atom is 0.256 e. The molecule has 2 N–H and O–H groups in total. The van der Waals surface area contributed by atoms with E-state index in [0.717, 1.165) is 11.1 Å². The average Bonchev–Trinajstić information content (AvgIpc) is 2.63. The number of pyridine rings is 1. The number of nitrogens with one attached hydrogen (secondary N) is 2. The van der Waals surface area contributed by atoms with Crippen LogP contribution in [-0.2, 0) is 6.42 Å². The first kappa shape index (κ1) is 16.9. The summed E-state index contributed by atoms with van der Waals surface area (Å²) in [5, 5.41) is 3.04. The predicted molar refractivity (Wildman–Crippen MR) is 96.7 cm³/mol. The maximum atomic E-state index is 12.7. The van der Waals surface area contributed by atoms with Gasteiger partial charge in [0.15, 0.2) is 0 Å². The van der Waals surface area contributed by atoms with Crippen LogP contribution in [0.1, 0.15) is 27.9 Å². The van der Waals surface area contributed by atoms with Gasteiger partial charge in [-0.15, -0.1) is 0 Å². The van der Waals surface area contributed by atoms with Crippen molar-refractivity contribution in [2.45, 2.75) is 12.8 Å². The number of carbonyl (C=O) groups excluding carboxylic acids is 1. The van der Waals surface area contributed by atoms with E-state index < -0.39 is 12.6 Å². The van der Waals surface area contributed by atoms with Gasteiger partial charge in [0.1, 0.15) is 5.56 Å². The zero-order chi connectivity index (χ0) is 17.6. The van der Waals surface area contributed by atoms with Crippen LogP contribution in [0, 0.1) is 0 Å². The lowest BCUT2D eigenvalue weighted by Gasteiger charge is -2.07. The summed E-state index contributed by atoms with van der Waals surface area (Å²) in [4.78, 5) is 27.7. The summed E-state index contributed by atoms with van der Waals surface area (Å²) < 4.78 is 12.1. The molecule has 0 spiro atoms. The summed E-state index contributed by atoms with van der Waals surface area (Å²) in [6.07, 6.45) is 2.36. The van der Waals surface area contributed by atoms with E-state index in [4.69, 9.17) is 0 Å². The Morgan fingerprint density at radius 3 is 2.64 bits per heavy atom. The Labute approximate surface area is 144 Å². The molecule has 4 nitrogen and oxygen atoms in total. The molecule has 0 atom stereocenters. The first-order valence-electron chi connectivity index (χ1n) is 8.21. The predicted octanol–water partition coefficient (Wildman–Crippen LogP) is 3.21. The molecule has 1 heterocycles. The Kier molecular flexibility index (Phi) is 5.23. The van der Waals surface area contributed by atoms with Crippen LogP contribution in [-0.4, -0.2) is 24.1 Å². The topological polar surface area (TPSA) is 62.0 Å². The van der Waals surface area contributed by atoms with E-state index in [1.54, 1.807) is 0 Å². The fraction of sp³-hybridized carbons (Fsp3) is 0.200. The molecular weight excluding hydrogens is 318 g/mol. The highest BCUT2D eigenvalue weighted by molar-refractivity contribution is 5.97. The van der Waals surface area contributed by atoms with Crippen molar-refractivity contribution in [2.24, 2.45) is 0 Å². The van der Waals surface area contributed by atoms with E-state index in [9.17, 15) is 14.0 Å². The minimum atomic E-state index is -0.503. The smallest absolute Gasteiger partial charge is 0.256 e. The monoisotopic (exact) mass is 337 g/mol. The summed E-state index contributed by atoms with van der Waals surface area (Å²) in [6, 6.07) is 15.6. The Bertz CT molecular complexity index is 935. The van der Waals surface area contributed by atoms with E-state index in [2.05, 4.69) is 10.3 Å². The van der Waals surface area contributed by atoms with Crippen molar-refractivity contribution < 1.29 is 9.18 Å². The number of hydrogen-bond donors (Lipinski definition) is 2. The van der Waals surface area contributed by atoms with Crippen LogP contribution >= 0.6 is 0 Å². The van der Waals surface area contributed by atoms with Gasteiger partial charge in [0, 0.05) is 23.6 Å². The minimum Gasteiger partial charge on any atom is -0.360 e. The minimum absolute atomic E-state index is 0.0446. The first-order valence-corrected chi connectivity index (χ1v) is 8.21. The molecule has 1 amide bonds. The molecule has 0 radical (unpaired) electrons. The Balaban J connectivity index is 1.91. The number of amides is 1. The summed E-state index contributed by atoms with van der Waals surface area (Å²) in [5.41, 5.74) is 2.56. The zero-order valence-electron chi connectivity index (χ0n) is 13.7. The number of aromatic nitrogens is 1. The van der Waals surface area contributed by atoms with Gasteiger partial charge in [-0.05, 0) is 36.1 Å². The van der Waals surface area contributed by atoms with E-state index in [0.29, 0.717) is 17.3 Å². The second kappa shape index (κ2) is 7.75. The van der Waals surface area contributed by atoms with Gasteiger partial charge in [0.05, 0.1) is 6.67 Å². The summed E-state index contributed by atoms with van der Waals surface area (Å²) in [6.45, 7) is -0.294. The van der Waals surface area contributed by atoms with Crippen LogP contribution in [0.15, 0.2) is 59.5 Å². The van der Waals surface area contributed by atoms with E-state index in [1.165, 1.54) is 6.20 Å². The number of halogens is 1. The third-order valence-electron chi connectivity index (χ3n) is 4.04. The summed E-state index contributed by atoms with van der Waals surface area (Å²) in [5.74, 6) is -0.481. The standard InChI is InChI=1S/C20H19FN2O2/c21-9-4-10-22-20(25)17-13-23-18-8-7-15(12-16(18)19(17)24)11-14-5-2-1-3-6-14/h1-3,5-8,12-13H,4,9-11H2,(H,22,25)(H,23,24)/i21-1. The molecule has 5 heteroatoms. The Morgan fingerprint density at radius 1 is 1.08 bits per heavy atom. The Hall–Kier alpha value is -2.95. The third-order valence-corrected chi connectivity index (χ3v) is 4.04. The molecular formula is C20H19FN2O2. The molecule has 0 aliphatic carbocycles. The second-order valence-electron chi connectivity index (χ2n) is 5.87. The molecule has 1 aromatic heterocycles. The number of H-pyrrole nitrogens is 1. The van der Waals surface area contributed by atoms with E-state index in [-0.39, 0.29) is 24.0 Å². The molecule has 0 aliphatic heterocycles. The molecule has 0 saturated heterocycles. The van der Waals surface area contributed by atoms with Crippen LogP contribution in [0.25, 0.3) is 10.9 Å². The first-order chi connectivity index (χ1) is 12.2. The lowest BCUT2D eigenvalue weighted by molar-refractivity contribution is 0.0951. The summed E-state index contributed by atoms with van der Waals surface area (Å²) in [7, 11) is 0. The van der Waals surface area contributed by atoms with Gasteiger partial charge in [-0.25, -0.2) is 0 Å². The van der Waals surface area contributed by atoms with Crippen molar-refractivity contribution in [2.75, 3.05) is 13.2 Å². The van der Waals surface area contributed by atoms with Crippen molar-refractivity contribution in [3.05, 3.63) is 81.6 Å². The quantitative estimate of drug-likeness (QED) is 0.679. The molecule has 0 bridgehead atoms. The molecule has 3 aromatic rings. The summed E-state index contributed by atoms with van der Waals surface area (Å²) >= 11 is 0. The Morgan fingerprint density at radius 2 is 1.88 bits per heavy atom. The van der Waals surface area contributed by atoms with Crippen LogP contribution in [0.4, 0.5) is 4.39 Å². The van der Waals surface area contributed by atoms with Gasteiger partial charge >= 0.3 is 0 Å². The highest BCUT2D eigenvalue weighted by Crippen LogP contribution is 2.15. The number of hydrogen-bond acceptors (Lipinski definition) is 2. The van der Waals surface area contributed by atoms with Crippen molar-refractivity contribution in [3.63, 3.8) is 0 Å². The highest BCUT2D eigenvalue weighted by Gasteiger charge is 2.13. The van der Waals surface area contributed by atoms with Gasteiger partial charge in [-0.2, -0.15) is 0 Å². The number of fused-ring (bicyclic) bond motifs is 1. The van der Waals surface area contributed by atoms with E-state index >= 15 is 0 Å². The second-order valence-corrected chi connectivity index (χ2v) is 5.87. The van der Waals surface area contributed by atoms with Crippen LogP contribution in [0.5, 0.6) is 0 Å². The van der Waals surface area contributed by atoms with E-state index in [1.807, 2.05) is 48.5 Å². The number of rotatable bonds is 6. The van der Waals surface area contributed by atoms with Crippen LogP contribution in [0.3, 0.4) is 0 Å². The van der Waals surface area contributed by atoms with Gasteiger partial charge in [-0.3, -0.25) is 14.0 Å². The average molecular weight is 337 g/mol. The number of benzene rings is 2. The lowest BCUT2D eigenvalue weighted by Crippen LogP contribution is -2.29. The molecule has 2 aromatic carbocycles. The van der Waals surface area contributed by atoms with Crippen molar-refractivity contribution in [1.29, 1.82) is 0 Å². The third kappa shape index (κ3) is 3.94. The van der Waals surface area contributed by atoms with Crippen molar-refractivity contribution >= 4 is 16.8 Å². The van der Waals surface area contributed by atoms with Gasteiger partial charge in [0.25, 0.3) is 5.91 Å². The van der Waals surface area contributed by atoms with Gasteiger partial charge in [0.2, 0.25) is 5.43 Å². The largest absolute Gasteiger partial charge is 0.360 e. The lowest BCUT2D eigenvalue weighted by atomic mass is 10.0. The number of aromatic amines is 1. The number of alkyl halides is 1. The maximum absolute atomic E-state index is 12.7. The van der Waals surface area contributed by atoms with Gasteiger partial charge < -0.3 is 10.3 Å². The molecule has 0 saturated carbocycles. The molecule has 128 valence electrons. The fourth-order valence-corrected chi connectivity index (χ4v) is 2.74. The van der Waals surface area contributed by atoms with Gasteiger partial charge in [-0.1, -0.05) is 36.4 Å². The van der Waals surface area contributed by atoms with Crippen molar-refractivity contribution in [1.82, 2.24) is 10.3 Å². The molecule has 0 unspecified atom stereocenters. The zero-order valence-corrected chi connectivity index (χ0v) is 13.7. The van der Waals surface area contributed by atoms with Crippen molar-refractivity contribution in [3.8, 4) is 0 Å². The molecule has 0 aliphatic rings. The van der Waals surface area contributed by atoms with Crippen LogP contribution < -0.4 is 10.7 Å². The number of carbonyl (C=O) groups is 1. The SMILES string of the molecule is O=C(NCCC[18F])c1c[nH]c2ccc(Cc3ccccc3)cc2c1=O. The highest BCUT2D eigenvalue weighted by atomic mass is 18.2. The molecule has 3 rings (SSSR count).